The smallest absolute Gasteiger partial charge is 0.129 e. The molecule has 0 aliphatic heterocycles. The summed E-state index contributed by atoms with van der Waals surface area (Å²) in [7, 11) is 1.93. The molecular formula is C15H30N2. The SMILES string of the molecule is CC.CC.CCCCc1ccc(C)nc1NC. The van der Waals surface area contributed by atoms with Crippen LogP contribution in [-0.2, 0) is 6.42 Å². The summed E-state index contributed by atoms with van der Waals surface area (Å²) in [6, 6.07) is 4.25. The van der Waals surface area contributed by atoms with E-state index >= 15 is 0 Å². The van der Waals surface area contributed by atoms with Crippen LogP contribution in [0.15, 0.2) is 12.1 Å². The molecule has 0 atom stereocenters. The topological polar surface area (TPSA) is 24.9 Å². The molecule has 0 fully saturated rings. The molecule has 0 unspecified atom stereocenters. The second-order valence-corrected chi connectivity index (χ2v) is 3.31. The van der Waals surface area contributed by atoms with E-state index in [4.69, 9.17) is 0 Å². The summed E-state index contributed by atoms with van der Waals surface area (Å²) in [4.78, 5) is 4.43. The predicted molar refractivity (Wildman–Crippen MR) is 79.8 cm³/mol. The fourth-order valence-electron chi connectivity index (χ4n) is 1.37. The molecule has 0 spiro atoms. The third kappa shape index (κ3) is 7.78. The number of unbranched alkanes of at least 4 members (excludes halogenated alkanes) is 1. The number of hydrogen-bond donors (Lipinski definition) is 1. The largest absolute Gasteiger partial charge is 0.373 e. The van der Waals surface area contributed by atoms with Crippen molar-refractivity contribution in [2.45, 2.75) is 60.8 Å². The molecular weight excluding hydrogens is 208 g/mol. The Kier molecular flexibility index (Phi) is 14.0. The van der Waals surface area contributed by atoms with Crippen molar-refractivity contribution < 1.29 is 0 Å². The summed E-state index contributed by atoms with van der Waals surface area (Å²) < 4.78 is 0. The zero-order valence-electron chi connectivity index (χ0n) is 12.7. The van der Waals surface area contributed by atoms with Gasteiger partial charge in [0, 0.05) is 12.7 Å². The first-order chi connectivity index (χ1) is 8.27. The van der Waals surface area contributed by atoms with Gasteiger partial charge < -0.3 is 5.32 Å². The van der Waals surface area contributed by atoms with Gasteiger partial charge in [0.15, 0.2) is 0 Å². The predicted octanol–water partition coefficient (Wildman–Crippen LogP) is 4.83. The van der Waals surface area contributed by atoms with Crippen LogP contribution in [0.2, 0.25) is 0 Å². The standard InChI is InChI=1S/C11H18N2.2C2H6/c1-4-5-6-10-8-7-9(2)13-11(10)12-3;2*1-2/h7-8H,4-6H2,1-3H3,(H,12,13);2*1-2H3. The van der Waals surface area contributed by atoms with Gasteiger partial charge >= 0.3 is 0 Å². The third-order valence-corrected chi connectivity index (χ3v) is 2.15. The van der Waals surface area contributed by atoms with Gasteiger partial charge in [-0.25, -0.2) is 4.98 Å². The van der Waals surface area contributed by atoms with Crippen LogP contribution in [0.1, 0.15) is 58.7 Å². The Bertz CT molecular complexity index is 270. The molecule has 0 aliphatic carbocycles. The normalized spacial score (nSPS) is 8.41. The lowest BCUT2D eigenvalue weighted by Crippen LogP contribution is -1.99. The Labute approximate surface area is 108 Å². The fraction of sp³-hybridized carbons (Fsp3) is 0.667. The Morgan fingerprint density at radius 2 is 1.71 bits per heavy atom. The van der Waals surface area contributed by atoms with Crippen LogP contribution in [0.3, 0.4) is 0 Å². The summed E-state index contributed by atoms with van der Waals surface area (Å²) in [5.74, 6) is 1.04. The molecule has 0 saturated carbocycles. The molecule has 0 bridgehead atoms. The van der Waals surface area contributed by atoms with Crippen LogP contribution in [0.25, 0.3) is 0 Å². The van der Waals surface area contributed by atoms with E-state index in [0.717, 1.165) is 17.9 Å². The van der Waals surface area contributed by atoms with Gasteiger partial charge in [-0.05, 0) is 31.4 Å². The van der Waals surface area contributed by atoms with Gasteiger partial charge in [-0.1, -0.05) is 47.1 Å². The molecule has 1 heterocycles. The number of rotatable bonds is 4. The molecule has 0 radical (unpaired) electrons. The van der Waals surface area contributed by atoms with Gasteiger partial charge in [-0.3, -0.25) is 0 Å². The monoisotopic (exact) mass is 238 g/mol. The number of aryl methyl sites for hydroxylation is 2. The molecule has 0 amide bonds. The van der Waals surface area contributed by atoms with Gasteiger partial charge in [0.2, 0.25) is 0 Å². The van der Waals surface area contributed by atoms with Gasteiger partial charge in [0.25, 0.3) is 0 Å². The van der Waals surface area contributed by atoms with Crippen molar-refractivity contribution in [2.75, 3.05) is 12.4 Å². The summed E-state index contributed by atoms with van der Waals surface area (Å²) in [5.41, 5.74) is 2.40. The highest BCUT2D eigenvalue weighted by Crippen LogP contribution is 2.15. The highest BCUT2D eigenvalue weighted by Gasteiger charge is 2.01. The van der Waals surface area contributed by atoms with Crippen LogP contribution in [-0.4, -0.2) is 12.0 Å². The summed E-state index contributed by atoms with van der Waals surface area (Å²) >= 11 is 0. The second-order valence-electron chi connectivity index (χ2n) is 3.31. The molecule has 0 aliphatic rings. The average Bonchev–Trinajstić information content (AvgIpc) is 2.41. The highest BCUT2D eigenvalue weighted by atomic mass is 15.0. The van der Waals surface area contributed by atoms with Gasteiger partial charge in [0.05, 0.1) is 0 Å². The molecule has 1 aromatic rings. The Morgan fingerprint density at radius 1 is 1.12 bits per heavy atom. The highest BCUT2D eigenvalue weighted by molar-refractivity contribution is 5.44. The Balaban J connectivity index is 0. The average molecular weight is 238 g/mol. The van der Waals surface area contributed by atoms with Gasteiger partial charge in [0.1, 0.15) is 5.82 Å². The zero-order valence-corrected chi connectivity index (χ0v) is 12.7. The minimum atomic E-state index is 1.04. The Hall–Kier alpha value is -1.05. The first-order valence-electron chi connectivity index (χ1n) is 6.92. The lowest BCUT2D eigenvalue weighted by molar-refractivity contribution is 0.792. The first-order valence-corrected chi connectivity index (χ1v) is 6.92. The molecule has 2 nitrogen and oxygen atoms in total. The second kappa shape index (κ2) is 13.0. The zero-order chi connectivity index (χ0) is 13.7. The minimum absolute atomic E-state index is 1.04. The maximum Gasteiger partial charge on any atom is 0.129 e. The number of pyridine rings is 1. The minimum Gasteiger partial charge on any atom is -0.373 e. The van der Waals surface area contributed by atoms with E-state index in [2.05, 4.69) is 29.4 Å². The van der Waals surface area contributed by atoms with Gasteiger partial charge in [-0.15, -0.1) is 0 Å². The van der Waals surface area contributed by atoms with E-state index < -0.39 is 0 Å². The van der Waals surface area contributed by atoms with Crippen molar-refractivity contribution in [2.24, 2.45) is 0 Å². The number of nitrogens with one attached hydrogen (secondary N) is 1. The lowest BCUT2D eigenvalue weighted by atomic mass is 10.1. The van der Waals surface area contributed by atoms with E-state index in [9.17, 15) is 0 Å². The summed E-state index contributed by atoms with van der Waals surface area (Å²) in [6.07, 6.45) is 3.59. The van der Waals surface area contributed by atoms with Crippen molar-refractivity contribution in [3.05, 3.63) is 23.4 Å². The molecule has 1 rings (SSSR count). The molecule has 0 saturated heterocycles. The first kappa shape index (κ1) is 18.3. The quantitative estimate of drug-likeness (QED) is 0.813. The molecule has 0 aromatic carbocycles. The van der Waals surface area contributed by atoms with Crippen molar-refractivity contribution in [3.63, 3.8) is 0 Å². The van der Waals surface area contributed by atoms with Crippen LogP contribution in [0.4, 0.5) is 5.82 Å². The number of aromatic nitrogens is 1. The molecule has 1 aromatic heterocycles. The molecule has 1 N–H and O–H groups in total. The van der Waals surface area contributed by atoms with Crippen LogP contribution in [0, 0.1) is 6.92 Å². The Morgan fingerprint density at radius 3 is 2.18 bits per heavy atom. The molecule has 100 valence electrons. The van der Waals surface area contributed by atoms with Gasteiger partial charge in [-0.2, -0.15) is 0 Å². The van der Waals surface area contributed by atoms with E-state index in [1.165, 1.54) is 18.4 Å². The summed E-state index contributed by atoms with van der Waals surface area (Å²) in [6.45, 7) is 12.2. The van der Waals surface area contributed by atoms with Crippen LogP contribution < -0.4 is 5.32 Å². The fourth-order valence-corrected chi connectivity index (χ4v) is 1.37. The summed E-state index contributed by atoms with van der Waals surface area (Å²) in [5, 5.41) is 3.13. The number of hydrogen-bond acceptors (Lipinski definition) is 2. The van der Waals surface area contributed by atoms with Crippen LogP contribution in [0.5, 0.6) is 0 Å². The van der Waals surface area contributed by atoms with E-state index in [1.807, 2.05) is 41.7 Å². The lowest BCUT2D eigenvalue weighted by Gasteiger charge is -2.07. The number of anilines is 1. The van der Waals surface area contributed by atoms with E-state index in [-0.39, 0.29) is 0 Å². The maximum atomic E-state index is 4.43. The van der Waals surface area contributed by atoms with Crippen molar-refractivity contribution >= 4 is 5.82 Å². The van der Waals surface area contributed by atoms with Crippen molar-refractivity contribution in [1.29, 1.82) is 0 Å². The number of nitrogens with zero attached hydrogens (tertiary/aromatic N) is 1. The maximum absolute atomic E-state index is 4.43. The van der Waals surface area contributed by atoms with Crippen molar-refractivity contribution in [1.82, 2.24) is 4.98 Å². The molecule has 2 heteroatoms. The molecule has 17 heavy (non-hydrogen) atoms. The van der Waals surface area contributed by atoms with Crippen molar-refractivity contribution in [3.8, 4) is 0 Å². The third-order valence-electron chi connectivity index (χ3n) is 2.15. The van der Waals surface area contributed by atoms with E-state index in [1.54, 1.807) is 0 Å². The van der Waals surface area contributed by atoms with Crippen LogP contribution >= 0.6 is 0 Å². The van der Waals surface area contributed by atoms with E-state index in [0.29, 0.717) is 0 Å².